The molecular formula is C17H20N6O7S2. The number of rotatable bonds is 7. The van der Waals surface area contributed by atoms with Gasteiger partial charge in [0.15, 0.2) is 19.9 Å². The lowest BCUT2D eigenvalue weighted by molar-refractivity contribution is 0.256. The van der Waals surface area contributed by atoms with E-state index in [0.29, 0.717) is 6.42 Å². The number of aromatic nitrogens is 4. The summed E-state index contributed by atoms with van der Waals surface area (Å²) in [4.78, 5) is 24.1. The fourth-order valence-corrected chi connectivity index (χ4v) is 5.24. The lowest BCUT2D eigenvalue weighted by Crippen LogP contribution is -2.36. The van der Waals surface area contributed by atoms with Gasteiger partial charge in [-0.1, -0.05) is 13.0 Å². The van der Waals surface area contributed by atoms with Crippen molar-refractivity contribution < 1.29 is 31.1 Å². The fourth-order valence-electron chi connectivity index (χ4n) is 2.71. The molecule has 3 rings (SSSR count). The summed E-state index contributed by atoms with van der Waals surface area (Å²) in [6.07, 6.45) is 2.83. The van der Waals surface area contributed by atoms with Crippen molar-refractivity contribution in [1.82, 2.24) is 24.1 Å². The van der Waals surface area contributed by atoms with E-state index in [0.717, 1.165) is 16.2 Å². The smallest absolute Gasteiger partial charge is 0.335 e. The number of anilines is 1. The van der Waals surface area contributed by atoms with Gasteiger partial charge in [0.1, 0.15) is 5.65 Å². The van der Waals surface area contributed by atoms with Gasteiger partial charge < -0.3 is 9.47 Å². The van der Waals surface area contributed by atoms with Crippen LogP contribution in [0.1, 0.15) is 12.5 Å². The molecule has 3 aromatic heterocycles. The first-order valence-corrected chi connectivity index (χ1v) is 12.4. The minimum atomic E-state index is -4.69. The summed E-state index contributed by atoms with van der Waals surface area (Å²) >= 11 is 0. The molecule has 0 aromatic carbocycles. The highest BCUT2D eigenvalue weighted by Gasteiger charge is 2.32. The first-order valence-electron chi connectivity index (χ1n) is 9.00. The molecule has 0 saturated carbocycles. The predicted octanol–water partition coefficient (Wildman–Crippen LogP) is 0.618. The van der Waals surface area contributed by atoms with Crippen LogP contribution in [0.25, 0.3) is 5.65 Å². The predicted molar refractivity (Wildman–Crippen MR) is 112 cm³/mol. The molecule has 0 aliphatic carbocycles. The number of nitrogens with one attached hydrogen (secondary N) is 2. The van der Waals surface area contributed by atoms with E-state index >= 15 is 0 Å². The number of urea groups is 1. The number of sulfone groups is 1. The highest BCUT2D eigenvalue weighted by Crippen LogP contribution is 2.24. The first-order chi connectivity index (χ1) is 15.0. The van der Waals surface area contributed by atoms with Gasteiger partial charge in [-0.3, -0.25) is 9.72 Å². The summed E-state index contributed by atoms with van der Waals surface area (Å²) in [5.41, 5.74) is 0.817. The minimum Gasteiger partial charge on any atom is -0.481 e. The molecule has 172 valence electrons. The van der Waals surface area contributed by atoms with Crippen LogP contribution in [0.2, 0.25) is 0 Å². The van der Waals surface area contributed by atoms with Crippen molar-refractivity contribution in [3.8, 4) is 11.8 Å². The summed E-state index contributed by atoms with van der Waals surface area (Å²) in [5.74, 6) is -0.185. The van der Waals surface area contributed by atoms with Crippen LogP contribution in [-0.4, -0.2) is 62.7 Å². The third kappa shape index (κ3) is 4.72. The second kappa shape index (κ2) is 8.58. The van der Waals surface area contributed by atoms with Gasteiger partial charge in [0.25, 0.3) is 10.0 Å². The maximum absolute atomic E-state index is 13.0. The Bertz CT molecular complexity index is 1380. The second-order valence-corrected chi connectivity index (χ2v) is 9.98. The standard InChI is InChI=1S/C17H20N6O7S2/c1-5-10-6-7-11-18-14(31(4,25)26)15(23(11)9-10)32(27,28)22-17(24)21-16-19-12(29-2)8-13(20-16)30-3/h6-9H,5H2,1-4H3,(H2,19,20,21,22,24). The zero-order valence-corrected chi connectivity index (χ0v) is 19.1. The maximum Gasteiger partial charge on any atom is 0.335 e. The van der Waals surface area contributed by atoms with E-state index in [2.05, 4.69) is 20.3 Å². The van der Waals surface area contributed by atoms with Gasteiger partial charge >= 0.3 is 6.03 Å². The molecule has 3 heterocycles. The molecule has 2 amide bonds. The Morgan fingerprint density at radius 3 is 2.22 bits per heavy atom. The normalized spacial score (nSPS) is 11.9. The molecule has 13 nitrogen and oxygen atoms in total. The van der Waals surface area contributed by atoms with Crippen molar-refractivity contribution in [3.63, 3.8) is 0 Å². The van der Waals surface area contributed by atoms with Crippen LogP contribution in [0.4, 0.5) is 10.7 Å². The Morgan fingerprint density at radius 2 is 1.69 bits per heavy atom. The molecule has 2 N–H and O–H groups in total. The summed E-state index contributed by atoms with van der Waals surface area (Å²) in [7, 11) is -6.08. The van der Waals surface area contributed by atoms with Gasteiger partial charge in [0.05, 0.1) is 20.3 Å². The van der Waals surface area contributed by atoms with Crippen LogP contribution in [0.5, 0.6) is 11.8 Å². The summed E-state index contributed by atoms with van der Waals surface area (Å²) in [6.45, 7) is 1.85. The van der Waals surface area contributed by atoms with Crippen molar-refractivity contribution >= 4 is 37.5 Å². The van der Waals surface area contributed by atoms with Crippen LogP contribution >= 0.6 is 0 Å². The number of pyridine rings is 1. The van der Waals surface area contributed by atoms with E-state index < -0.39 is 35.9 Å². The summed E-state index contributed by atoms with van der Waals surface area (Å²) in [5, 5.41) is 0.768. The number of carbonyl (C=O) groups excluding carboxylic acids is 1. The van der Waals surface area contributed by atoms with E-state index in [1.54, 1.807) is 10.8 Å². The van der Waals surface area contributed by atoms with Gasteiger partial charge in [-0.25, -0.2) is 22.9 Å². The summed E-state index contributed by atoms with van der Waals surface area (Å²) < 4.78 is 63.3. The van der Waals surface area contributed by atoms with Crippen LogP contribution in [0.3, 0.4) is 0 Å². The third-order valence-corrected chi connectivity index (χ3v) is 6.64. The molecule has 0 radical (unpaired) electrons. The monoisotopic (exact) mass is 484 g/mol. The fraction of sp³-hybridized carbons (Fsp3) is 0.294. The number of aryl methyl sites for hydroxylation is 1. The Morgan fingerprint density at radius 1 is 1.06 bits per heavy atom. The molecule has 32 heavy (non-hydrogen) atoms. The highest BCUT2D eigenvalue weighted by atomic mass is 32.2. The molecule has 15 heteroatoms. The number of hydrogen-bond acceptors (Lipinski definition) is 10. The van der Waals surface area contributed by atoms with Crippen molar-refractivity contribution in [2.45, 2.75) is 23.4 Å². The Labute approximate surface area is 183 Å². The van der Waals surface area contributed by atoms with Gasteiger partial charge in [-0.05, 0) is 18.1 Å². The summed E-state index contributed by atoms with van der Waals surface area (Å²) in [6, 6.07) is 3.30. The Balaban J connectivity index is 2.02. The van der Waals surface area contributed by atoms with Gasteiger partial charge in [-0.2, -0.15) is 18.4 Å². The van der Waals surface area contributed by atoms with E-state index in [9.17, 15) is 21.6 Å². The van der Waals surface area contributed by atoms with Crippen molar-refractivity contribution in [3.05, 3.63) is 30.0 Å². The molecule has 0 aliphatic heterocycles. The Kier molecular flexibility index (Phi) is 6.23. The second-order valence-electron chi connectivity index (χ2n) is 6.45. The molecule has 0 atom stereocenters. The molecule has 0 aliphatic rings. The van der Waals surface area contributed by atoms with Crippen molar-refractivity contribution in [2.75, 3.05) is 25.8 Å². The van der Waals surface area contributed by atoms with Crippen molar-refractivity contribution in [2.24, 2.45) is 0 Å². The maximum atomic E-state index is 13.0. The number of nitrogens with zero attached hydrogens (tertiary/aromatic N) is 4. The SMILES string of the molecule is CCc1ccc2nc(S(C)(=O)=O)c(S(=O)(=O)NC(=O)Nc3nc(OC)cc(OC)n3)n2c1. The Hall–Kier alpha value is -3.46. The van der Waals surface area contributed by atoms with Crippen LogP contribution < -0.4 is 19.5 Å². The number of fused-ring (bicyclic) bond motifs is 1. The molecule has 0 spiro atoms. The average Bonchev–Trinajstić information content (AvgIpc) is 3.13. The van der Waals surface area contributed by atoms with Gasteiger partial charge in [-0.15, -0.1) is 0 Å². The largest absolute Gasteiger partial charge is 0.481 e. The topological polar surface area (TPSA) is 171 Å². The molecule has 0 bridgehead atoms. The molecule has 3 aromatic rings. The molecule has 0 unspecified atom stereocenters. The van der Waals surface area contributed by atoms with Gasteiger partial charge in [0, 0.05) is 12.5 Å². The number of ether oxygens (including phenoxy) is 2. The number of hydrogen-bond donors (Lipinski definition) is 2. The number of carbonyl (C=O) groups is 1. The van der Waals surface area contributed by atoms with E-state index in [-0.39, 0.29) is 23.4 Å². The quantitative estimate of drug-likeness (QED) is 0.484. The molecule has 0 fully saturated rings. The number of methoxy groups -OCH3 is 2. The zero-order chi connectivity index (χ0) is 23.7. The first kappa shape index (κ1) is 23.2. The van der Waals surface area contributed by atoms with E-state index in [1.165, 1.54) is 32.5 Å². The average molecular weight is 485 g/mol. The van der Waals surface area contributed by atoms with E-state index in [1.807, 2.05) is 6.92 Å². The van der Waals surface area contributed by atoms with Crippen LogP contribution in [-0.2, 0) is 26.3 Å². The lowest BCUT2D eigenvalue weighted by Gasteiger charge is -2.10. The number of imidazole rings is 1. The molecule has 0 saturated heterocycles. The van der Waals surface area contributed by atoms with Crippen LogP contribution in [0.15, 0.2) is 34.4 Å². The van der Waals surface area contributed by atoms with Crippen LogP contribution in [0, 0.1) is 0 Å². The lowest BCUT2D eigenvalue weighted by atomic mass is 10.2. The third-order valence-electron chi connectivity index (χ3n) is 4.17. The minimum absolute atomic E-state index is 0.0586. The highest BCUT2D eigenvalue weighted by molar-refractivity contribution is 7.93. The zero-order valence-electron chi connectivity index (χ0n) is 17.5. The molecular weight excluding hydrogens is 464 g/mol. The van der Waals surface area contributed by atoms with Gasteiger partial charge in [0.2, 0.25) is 17.7 Å². The number of amides is 2. The van der Waals surface area contributed by atoms with E-state index in [4.69, 9.17) is 9.47 Å². The number of sulfonamides is 1. The van der Waals surface area contributed by atoms with Crippen molar-refractivity contribution in [1.29, 1.82) is 0 Å².